The van der Waals surface area contributed by atoms with Crippen LogP contribution in [-0.2, 0) is 11.2 Å². The molecule has 0 spiro atoms. The van der Waals surface area contributed by atoms with Crippen molar-refractivity contribution in [1.29, 1.82) is 0 Å². The molecular formula is C15H17FN2O2. The Labute approximate surface area is 117 Å². The molecule has 1 fully saturated rings. The first-order valence-electron chi connectivity index (χ1n) is 6.91. The van der Waals surface area contributed by atoms with E-state index in [1.807, 2.05) is 13.0 Å². The predicted molar refractivity (Wildman–Crippen MR) is 71.5 cm³/mol. The van der Waals surface area contributed by atoms with Gasteiger partial charge in [0.15, 0.2) is 0 Å². The SMILES string of the molecule is C[C@@H]1NC(=O)N([C@H]2c3cccc(F)c3CC[C@@H]2C)C1=O. The smallest absolute Gasteiger partial charge is 0.325 e. The van der Waals surface area contributed by atoms with Crippen LogP contribution in [0.25, 0.3) is 0 Å². The van der Waals surface area contributed by atoms with Crippen molar-refractivity contribution >= 4 is 11.9 Å². The second-order valence-corrected chi connectivity index (χ2v) is 5.65. The fourth-order valence-corrected chi connectivity index (χ4v) is 3.23. The van der Waals surface area contributed by atoms with E-state index in [1.165, 1.54) is 11.0 Å². The van der Waals surface area contributed by atoms with Crippen LogP contribution in [0, 0.1) is 11.7 Å². The van der Waals surface area contributed by atoms with Crippen LogP contribution in [0.5, 0.6) is 0 Å². The molecule has 106 valence electrons. The third-order valence-corrected chi connectivity index (χ3v) is 4.31. The Bertz CT molecular complexity index is 587. The maximum absolute atomic E-state index is 13.9. The minimum Gasteiger partial charge on any atom is -0.326 e. The number of nitrogens with zero attached hydrogens (tertiary/aromatic N) is 1. The molecule has 1 aliphatic heterocycles. The van der Waals surface area contributed by atoms with Gasteiger partial charge in [-0.15, -0.1) is 0 Å². The highest BCUT2D eigenvalue weighted by Crippen LogP contribution is 2.40. The summed E-state index contributed by atoms with van der Waals surface area (Å²) in [6.07, 6.45) is 1.42. The highest BCUT2D eigenvalue weighted by molar-refractivity contribution is 6.04. The Kier molecular flexibility index (Phi) is 3.00. The number of amides is 3. The van der Waals surface area contributed by atoms with Gasteiger partial charge in [-0.1, -0.05) is 19.1 Å². The summed E-state index contributed by atoms with van der Waals surface area (Å²) < 4.78 is 13.9. The van der Waals surface area contributed by atoms with Crippen molar-refractivity contribution in [3.8, 4) is 0 Å². The van der Waals surface area contributed by atoms with Crippen LogP contribution in [0.3, 0.4) is 0 Å². The van der Waals surface area contributed by atoms with Crippen LogP contribution in [0.15, 0.2) is 18.2 Å². The van der Waals surface area contributed by atoms with Gasteiger partial charge < -0.3 is 5.32 Å². The summed E-state index contributed by atoms with van der Waals surface area (Å²) in [5.41, 5.74) is 1.40. The molecule has 3 amide bonds. The van der Waals surface area contributed by atoms with Gasteiger partial charge in [0.1, 0.15) is 11.9 Å². The van der Waals surface area contributed by atoms with Crippen molar-refractivity contribution in [2.45, 2.75) is 38.8 Å². The number of imide groups is 1. The Morgan fingerprint density at radius 2 is 2.05 bits per heavy atom. The topological polar surface area (TPSA) is 49.4 Å². The standard InChI is InChI=1S/C15H17FN2O2/c1-8-6-7-10-11(4-3-5-12(10)16)13(8)18-14(19)9(2)17-15(18)20/h3-5,8-9,13H,6-7H2,1-2H3,(H,17,20)/t8-,9-,13+/m0/s1. The molecule has 5 heteroatoms. The number of hydrogen-bond donors (Lipinski definition) is 1. The monoisotopic (exact) mass is 276 g/mol. The van der Waals surface area contributed by atoms with E-state index in [0.29, 0.717) is 12.0 Å². The number of rotatable bonds is 1. The normalized spacial score (nSPS) is 29.4. The van der Waals surface area contributed by atoms with Gasteiger partial charge in [0.25, 0.3) is 5.91 Å². The number of halogens is 1. The zero-order valence-electron chi connectivity index (χ0n) is 11.5. The largest absolute Gasteiger partial charge is 0.326 e. The third kappa shape index (κ3) is 1.80. The van der Waals surface area contributed by atoms with Crippen LogP contribution >= 0.6 is 0 Å². The van der Waals surface area contributed by atoms with E-state index in [2.05, 4.69) is 5.32 Å². The molecule has 1 saturated heterocycles. The lowest BCUT2D eigenvalue weighted by Crippen LogP contribution is -2.40. The Hall–Kier alpha value is -1.91. The number of carbonyl (C=O) groups excluding carboxylic acids is 2. The average molecular weight is 276 g/mol. The van der Waals surface area contributed by atoms with E-state index in [0.717, 1.165) is 12.0 Å². The second kappa shape index (κ2) is 4.58. The molecule has 2 aliphatic rings. The lowest BCUT2D eigenvalue weighted by molar-refractivity contribution is -0.129. The molecule has 3 atom stereocenters. The fraction of sp³-hybridized carbons (Fsp3) is 0.467. The molecule has 3 rings (SSSR count). The second-order valence-electron chi connectivity index (χ2n) is 5.65. The molecule has 0 radical (unpaired) electrons. The van der Waals surface area contributed by atoms with Crippen LogP contribution < -0.4 is 5.32 Å². The van der Waals surface area contributed by atoms with Crippen molar-refractivity contribution in [2.75, 3.05) is 0 Å². The zero-order chi connectivity index (χ0) is 14.4. The summed E-state index contributed by atoms with van der Waals surface area (Å²) in [6, 6.07) is 3.64. The molecule has 20 heavy (non-hydrogen) atoms. The van der Waals surface area contributed by atoms with Crippen molar-refractivity contribution in [3.63, 3.8) is 0 Å². The highest BCUT2D eigenvalue weighted by Gasteiger charge is 2.44. The van der Waals surface area contributed by atoms with Gasteiger partial charge in [0, 0.05) is 0 Å². The first-order chi connectivity index (χ1) is 9.50. The van der Waals surface area contributed by atoms with E-state index in [9.17, 15) is 14.0 Å². The van der Waals surface area contributed by atoms with E-state index < -0.39 is 6.04 Å². The van der Waals surface area contributed by atoms with Crippen LogP contribution in [0.2, 0.25) is 0 Å². The highest BCUT2D eigenvalue weighted by atomic mass is 19.1. The summed E-state index contributed by atoms with van der Waals surface area (Å²) in [6.45, 7) is 3.67. The quantitative estimate of drug-likeness (QED) is 0.801. The maximum atomic E-state index is 13.9. The van der Waals surface area contributed by atoms with Gasteiger partial charge in [-0.05, 0) is 42.9 Å². The molecular weight excluding hydrogens is 259 g/mol. The predicted octanol–water partition coefficient (Wildman–Crippen LogP) is 2.39. The molecule has 0 aromatic heterocycles. The first-order valence-corrected chi connectivity index (χ1v) is 6.91. The van der Waals surface area contributed by atoms with Gasteiger partial charge in [-0.2, -0.15) is 0 Å². The summed E-state index contributed by atoms with van der Waals surface area (Å²) in [5.74, 6) is -0.354. The molecule has 0 unspecified atom stereocenters. The average Bonchev–Trinajstić information content (AvgIpc) is 2.65. The van der Waals surface area contributed by atoms with Crippen LogP contribution in [0.1, 0.15) is 37.4 Å². The number of hydrogen-bond acceptors (Lipinski definition) is 2. The van der Waals surface area contributed by atoms with Gasteiger partial charge >= 0.3 is 6.03 Å². The summed E-state index contributed by atoms with van der Waals surface area (Å²) in [4.78, 5) is 25.5. The lowest BCUT2D eigenvalue weighted by atomic mass is 9.79. The molecule has 1 aromatic carbocycles. The number of urea groups is 1. The lowest BCUT2D eigenvalue weighted by Gasteiger charge is -2.36. The van der Waals surface area contributed by atoms with E-state index in [-0.39, 0.29) is 29.7 Å². The van der Waals surface area contributed by atoms with E-state index in [1.54, 1.807) is 13.0 Å². The van der Waals surface area contributed by atoms with Crippen molar-refractivity contribution in [3.05, 3.63) is 35.1 Å². The number of carbonyl (C=O) groups is 2. The molecule has 4 nitrogen and oxygen atoms in total. The summed E-state index contributed by atoms with van der Waals surface area (Å²) in [7, 11) is 0. The molecule has 1 N–H and O–H groups in total. The number of fused-ring (bicyclic) bond motifs is 1. The van der Waals surface area contributed by atoms with Crippen molar-refractivity contribution in [2.24, 2.45) is 5.92 Å². The molecule has 1 aromatic rings. The first kappa shape index (κ1) is 13.1. The molecule has 0 saturated carbocycles. The third-order valence-electron chi connectivity index (χ3n) is 4.31. The molecule has 0 bridgehead atoms. The minimum absolute atomic E-state index is 0.129. The Morgan fingerprint density at radius 3 is 2.70 bits per heavy atom. The molecule has 1 aliphatic carbocycles. The maximum Gasteiger partial charge on any atom is 0.325 e. The number of nitrogens with one attached hydrogen (secondary N) is 1. The van der Waals surface area contributed by atoms with Crippen LogP contribution in [-0.4, -0.2) is 22.9 Å². The zero-order valence-corrected chi connectivity index (χ0v) is 11.5. The van der Waals surface area contributed by atoms with Crippen LogP contribution in [0.4, 0.5) is 9.18 Å². The van der Waals surface area contributed by atoms with E-state index >= 15 is 0 Å². The summed E-state index contributed by atoms with van der Waals surface area (Å²) >= 11 is 0. The van der Waals surface area contributed by atoms with Gasteiger partial charge in [0.05, 0.1) is 6.04 Å². The van der Waals surface area contributed by atoms with Gasteiger partial charge in [-0.3, -0.25) is 9.69 Å². The van der Waals surface area contributed by atoms with Gasteiger partial charge in [0.2, 0.25) is 0 Å². The summed E-state index contributed by atoms with van der Waals surface area (Å²) in [5, 5.41) is 2.62. The fourth-order valence-electron chi connectivity index (χ4n) is 3.23. The minimum atomic E-state index is -0.506. The van der Waals surface area contributed by atoms with Crippen molar-refractivity contribution < 1.29 is 14.0 Å². The van der Waals surface area contributed by atoms with E-state index in [4.69, 9.17) is 0 Å². The molecule has 1 heterocycles. The Balaban J connectivity index is 2.08. The Morgan fingerprint density at radius 1 is 1.30 bits per heavy atom. The van der Waals surface area contributed by atoms with Gasteiger partial charge in [-0.25, -0.2) is 9.18 Å². The van der Waals surface area contributed by atoms with Crippen molar-refractivity contribution in [1.82, 2.24) is 10.2 Å². The number of benzene rings is 1.